The Bertz CT molecular complexity index is 1180. The van der Waals surface area contributed by atoms with Crippen LogP contribution in [-0.2, 0) is 20.7 Å². The van der Waals surface area contributed by atoms with E-state index in [2.05, 4.69) is 6.07 Å². The van der Waals surface area contributed by atoms with Crippen molar-refractivity contribution in [3.05, 3.63) is 82.1 Å². The molecule has 0 saturated carbocycles. The number of Topliss-reactive ketones (excluding diaryl/α,β-unsaturated/α-hetero) is 1. The summed E-state index contributed by atoms with van der Waals surface area (Å²) in [4.78, 5) is 39.3. The molecule has 168 valence electrons. The van der Waals surface area contributed by atoms with Crippen molar-refractivity contribution >= 4 is 17.6 Å². The second kappa shape index (κ2) is 7.66. The lowest BCUT2D eigenvalue weighted by Crippen LogP contribution is -2.48. The van der Waals surface area contributed by atoms with Crippen molar-refractivity contribution in [1.29, 1.82) is 0 Å². The van der Waals surface area contributed by atoms with Gasteiger partial charge in [0.1, 0.15) is 11.9 Å². The predicted octanol–water partition coefficient (Wildman–Crippen LogP) is 4.50. The van der Waals surface area contributed by atoms with Gasteiger partial charge in [-0.2, -0.15) is 0 Å². The second-order valence-electron chi connectivity index (χ2n) is 9.26. The van der Waals surface area contributed by atoms with Gasteiger partial charge in [0.15, 0.2) is 5.78 Å². The number of imide groups is 1. The third kappa shape index (κ3) is 3.23. The molecule has 2 aromatic rings. The van der Waals surface area contributed by atoms with E-state index in [0.717, 1.165) is 36.1 Å². The molecule has 6 nitrogen and oxygen atoms in total. The van der Waals surface area contributed by atoms with Crippen LogP contribution in [0.4, 0.5) is 0 Å². The lowest BCUT2D eigenvalue weighted by molar-refractivity contribution is -0.264. The van der Waals surface area contributed by atoms with Crippen LogP contribution in [0.5, 0.6) is 0 Å². The van der Waals surface area contributed by atoms with Gasteiger partial charge in [0, 0.05) is 32.2 Å². The molecule has 0 fully saturated rings. The maximum absolute atomic E-state index is 12.7. The lowest BCUT2D eigenvalue weighted by Gasteiger charge is -2.48. The Hall–Kier alpha value is -3.25. The highest BCUT2D eigenvalue weighted by atomic mass is 16.7. The van der Waals surface area contributed by atoms with Crippen LogP contribution in [0.2, 0.25) is 0 Å². The summed E-state index contributed by atoms with van der Waals surface area (Å²) in [6, 6.07) is 15.1. The fourth-order valence-electron chi connectivity index (χ4n) is 5.60. The van der Waals surface area contributed by atoms with Crippen molar-refractivity contribution < 1.29 is 23.9 Å². The van der Waals surface area contributed by atoms with Gasteiger partial charge in [-0.05, 0) is 42.5 Å². The van der Waals surface area contributed by atoms with Gasteiger partial charge in [-0.25, -0.2) is 0 Å². The Balaban J connectivity index is 1.18. The van der Waals surface area contributed by atoms with Crippen LogP contribution in [0.1, 0.15) is 76.5 Å². The van der Waals surface area contributed by atoms with Crippen LogP contribution in [0.25, 0.3) is 0 Å². The zero-order valence-corrected chi connectivity index (χ0v) is 18.3. The molecule has 2 aromatic carbocycles. The zero-order chi connectivity index (χ0) is 22.6. The first-order valence-corrected chi connectivity index (χ1v) is 11.7. The molecule has 0 N–H and O–H groups in total. The normalized spacial score (nSPS) is 25.5. The third-order valence-electron chi connectivity index (χ3n) is 7.18. The molecule has 0 radical (unpaired) electrons. The summed E-state index contributed by atoms with van der Waals surface area (Å²) in [5, 5.41) is 0. The molecular weight excluding hydrogens is 418 g/mol. The molecule has 2 bridgehead atoms. The molecule has 6 heteroatoms. The van der Waals surface area contributed by atoms with E-state index in [0.29, 0.717) is 48.9 Å². The molecule has 1 aliphatic carbocycles. The number of fused-ring (bicyclic) bond motifs is 6. The van der Waals surface area contributed by atoms with Crippen molar-refractivity contribution in [2.75, 3.05) is 6.54 Å². The molecule has 2 amide bonds. The van der Waals surface area contributed by atoms with Crippen LogP contribution >= 0.6 is 0 Å². The van der Waals surface area contributed by atoms with Crippen molar-refractivity contribution in [2.24, 2.45) is 0 Å². The summed E-state index contributed by atoms with van der Waals surface area (Å²) < 4.78 is 12.9. The van der Waals surface area contributed by atoms with Gasteiger partial charge >= 0.3 is 0 Å². The van der Waals surface area contributed by atoms with Crippen LogP contribution in [0, 0.1) is 0 Å². The van der Waals surface area contributed by atoms with Crippen LogP contribution in [0.3, 0.4) is 0 Å². The summed E-state index contributed by atoms with van der Waals surface area (Å²) in [7, 11) is 0. The third-order valence-corrected chi connectivity index (χ3v) is 7.18. The highest BCUT2D eigenvalue weighted by Crippen LogP contribution is 2.50. The lowest BCUT2D eigenvalue weighted by atomic mass is 9.81. The number of hydrogen-bond acceptors (Lipinski definition) is 5. The van der Waals surface area contributed by atoms with E-state index < -0.39 is 5.79 Å². The molecule has 3 heterocycles. The van der Waals surface area contributed by atoms with Crippen LogP contribution < -0.4 is 0 Å². The Morgan fingerprint density at radius 2 is 1.64 bits per heavy atom. The SMILES string of the molecule is O=C1CCCC2=C1C1O[C@](CCCCN3C(=O)c4ccccc4C3=O)(Cc3ccccc31)O2. The predicted molar refractivity (Wildman–Crippen MR) is 119 cm³/mol. The van der Waals surface area contributed by atoms with Gasteiger partial charge < -0.3 is 9.47 Å². The van der Waals surface area contributed by atoms with Gasteiger partial charge in [0.2, 0.25) is 5.79 Å². The number of nitrogens with zero attached hydrogens (tertiary/aromatic N) is 1. The topological polar surface area (TPSA) is 72.9 Å². The Labute approximate surface area is 192 Å². The average molecular weight is 443 g/mol. The smallest absolute Gasteiger partial charge is 0.261 e. The molecule has 4 aliphatic rings. The summed E-state index contributed by atoms with van der Waals surface area (Å²) in [5.74, 6) is -0.339. The molecule has 0 aromatic heterocycles. The molecule has 33 heavy (non-hydrogen) atoms. The first kappa shape index (κ1) is 20.4. The number of benzene rings is 2. The van der Waals surface area contributed by atoms with Crippen molar-refractivity contribution in [2.45, 2.75) is 56.8 Å². The standard InChI is InChI=1S/C27H25NO5/c29-21-12-7-13-22-23(21)24-18-9-2-1-8-17(18)16-27(32-22,33-24)14-5-6-15-28-25(30)19-10-3-4-11-20(19)26(28)31/h1-4,8-11,24H,5-7,12-16H2/t24?,27-/m1/s1. The largest absolute Gasteiger partial charge is 0.466 e. The van der Waals surface area contributed by atoms with E-state index in [9.17, 15) is 14.4 Å². The molecular formula is C27H25NO5. The number of rotatable bonds is 5. The monoisotopic (exact) mass is 443 g/mol. The first-order chi connectivity index (χ1) is 16.1. The number of allylic oxidation sites excluding steroid dienone is 1. The molecule has 1 unspecified atom stereocenters. The minimum atomic E-state index is -0.808. The zero-order valence-electron chi connectivity index (χ0n) is 18.3. The van der Waals surface area contributed by atoms with E-state index in [1.165, 1.54) is 4.90 Å². The number of hydrogen-bond donors (Lipinski definition) is 0. The van der Waals surface area contributed by atoms with Gasteiger partial charge in [0.25, 0.3) is 11.8 Å². The second-order valence-corrected chi connectivity index (χ2v) is 9.26. The maximum atomic E-state index is 12.7. The Morgan fingerprint density at radius 1 is 0.909 bits per heavy atom. The Morgan fingerprint density at radius 3 is 2.42 bits per heavy atom. The van der Waals surface area contributed by atoms with E-state index in [1.807, 2.05) is 18.2 Å². The van der Waals surface area contributed by atoms with Gasteiger partial charge in [0.05, 0.1) is 16.7 Å². The quantitative estimate of drug-likeness (QED) is 0.503. The van der Waals surface area contributed by atoms with E-state index >= 15 is 0 Å². The number of ether oxygens (including phenoxy) is 2. The highest BCUT2D eigenvalue weighted by molar-refractivity contribution is 6.21. The number of carbonyl (C=O) groups excluding carboxylic acids is 3. The molecule has 0 saturated heterocycles. The fourth-order valence-corrected chi connectivity index (χ4v) is 5.60. The minimum Gasteiger partial charge on any atom is -0.466 e. The average Bonchev–Trinajstić information content (AvgIpc) is 3.06. The molecule has 0 spiro atoms. The van der Waals surface area contributed by atoms with Crippen molar-refractivity contribution in [3.8, 4) is 0 Å². The summed E-state index contributed by atoms with van der Waals surface area (Å²) in [6.07, 6.45) is 4.39. The summed E-state index contributed by atoms with van der Waals surface area (Å²) >= 11 is 0. The first-order valence-electron chi connectivity index (χ1n) is 11.7. The van der Waals surface area contributed by atoms with Gasteiger partial charge in [-0.15, -0.1) is 0 Å². The highest BCUT2D eigenvalue weighted by Gasteiger charge is 2.50. The number of unbranched alkanes of at least 4 members (excludes halogenated alkanes) is 1. The van der Waals surface area contributed by atoms with Crippen LogP contribution in [-0.4, -0.2) is 34.8 Å². The van der Waals surface area contributed by atoms with Crippen molar-refractivity contribution in [1.82, 2.24) is 4.90 Å². The molecule has 3 aliphatic heterocycles. The maximum Gasteiger partial charge on any atom is 0.261 e. The molecule has 6 rings (SSSR count). The number of carbonyl (C=O) groups is 3. The fraction of sp³-hybridized carbons (Fsp3) is 0.370. The number of amides is 2. The molecule has 2 atom stereocenters. The van der Waals surface area contributed by atoms with Gasteiger partial charge in [-0.1, -0.05) is 36.4 Å². The van der Waals surface area contributed by atoms with E-state index in [1.54, 1.807) is 24.3 Å². The Kier molecular flexibility index (Phi) is 4.73. The van der Waals surface area contributed by atoms with Gasteiger partial charge in [-0.3, -0.25) is 19.3 Å². The summed E-state index contributed by atoms with van der Waals surface area (Å²) in [5.41, 5.74) is 3.86. The van der Waals surface area contributed by atoms with E-state index in [-0.39, 0.29) is 23.7 Å². The van der Waals surface area contributed by atoms with E-state index in [4.69, 9.17) is 9.47 Å². The summed E-state index contributed by atoms with van der Waals surface area (Å²) in [6.45, 7) is 0.370. The van der Waals surface area contributed by atoms with Crippen molar-refractivity contribution in [3.63, 3.8) is 0 Å². The number of ketones is 1. The van der Waals surface area contributed by atoms with Crippen LogP contribution in [0.15, 0.2) is 59.9 Å². The minimum absolute atomic E-state index is 0.122.